The van der Waals surface area contributed by atoms with Crippen molar-refractivity contribution >= 4 is 5.91 Å². The van der Waals surface area contributed by atoms with E-state index in [2.05, 4.69) is 18.8 Å². The van der Waals surface area contributed by atoms with E-state index in [9.17, 15) is 4.79 Å². The van der Waals surface area contributed by atoms with Crippen molar-refractivity contribution in [3.8, 4) is 11.8 Å². The van der Waals surface area contributed by atoms with E-state index in [1.807, 2.05) is 30.0 Å². The van der Waals surface area contributed by atoms with Crippen LogP contribution in [0.15, 0.2) is 18.2 Å². The van der Waals surface area contributed by atoms with E-state index in [0.717, 1.165) is 42.6 Å². The topological polar surface area (TPSA) is 40.5 Å². The molecule has 1 aromatic rings. The maximum Gasteiger partial charge on any atom is 0.254 e. The second-order valence-electron chi connectivity index (χ2n) is 5.41. The van der Waals surface area contributed by atoms with Gasteiger partial charge in [0.1, 0.15) is 6.61 Å². The van der Waals surface area contributed by atoms with Crippen LogP contribution in [0.1, 0.15) is 41.3 Å². The maximum atomic E-state index is 12.6. The van der Waals surface area contributed by atoms with Gasteiger partial charge >= 0.3 is 0 Å². The molecular weight excluding hydrogens is 250 g/mol. The zero-order valence-electron chi connectivity index (χ0n) is 12.1. The van der Waals surface area contributed by atoms with Crippen molar-refractivity contribution in [1.29, 1.82) is 0 Å². The molecule has 1 saturated heterocycles. The summed E-state index contributed by atoms with van der Waals surface area (Å²) in [7, 11) is 0. The van der Waals surface area contributed by atoms with E-state index in [4.69, 9.17) is 5.11 Å². The van der Waals surface area contributed by atoms with Gasteiger partial charge in [0, 0.05) is 24.2 Å². The molecule has 1 aliphatic heterocycles. The molecule has 0 radical (unpaired) electrons. The van der Waals surface area contributed by atoms with E-state index < -0.39 is 0 Å². The Morgan fingerprint density at radius 3 is 2.75 bits per heavy atom. The van der Waals surface area contributed by atoms with Crippen LogP contribution in [0.25, 0.3) is 0 Å². The highest BCUT2D eigenvalue weighted by molar-refractivity contribution is 5.96. The Bertz CT molecular complexity index is 546. The average molecular weight is 271 g/mol. The second kappa shape index (κ2) is 6.58. The van der Waals surface area contributed by atoms with Gasteiger partial charge in [0.25, 0.3) is 5.91 Å². The first-order chi connectivity index (χ1) is 9.63. The Labute approximate surface area is 120 Å². The Hall–Kier alpha value is -1.79. The van der Waals surface area contributed by atoms with Crippen LogP contribution in [-0.4, -0.2) is 35.6 Å². The first kappa shape index (κ1) is 14.6. The van der Waals surface area contributed by atoms with Crippen molar-refractivity contribution in [2.24, 2.45) is 5.92 Å². The number of amides is 1. The molecular formula is C17H21NO2. The van der Waals surface area contributed by atoms with Gasteiger partial charge in [0.15, 0.2) is 0 Å². The largest absolute Gasteiger partial charge is 0.384 e. The summed E-state index contributed by atoms with van der Waals surface area (Å²) >= 11 is 0. The molecule has 1 fully saturated rings. The Kier molecular flexibility index (Phi) is 4.81. The zero-order valence-corrected chi connectivity index (χ0v) is 12.1. The number of nitrogens with zero attached hydrogens (tertiary/aromatic N) is 1. The number of aliphatic hydroxyl groups excluding tert-OH is 1. The standard InChI is InChI=1S/C17H21NO2/c1-13-8-10-18(11-9-13)17(20)16-7-3-5-15(14(16)2)6-4-12-19/h3,5,7,13,19H,8-12H2,1-2H3. The Morgan fingerprint density at radius 2 is 2.10 bits per heavy atom. The summed E-state index contributed by atoms with van der Waals surface area (Å²) in [5, 5.41) is 8.78. The summed E-state index contributed by atoms with van der Waals surface area (Å²) in [6.07, 6.45) is 2.16. The van der Waals surface area contributed by atoms with Gasteiger partial charge in [-0.15, -0.1) is 0 Å². The molecule has 1 aromatic carbocycles. The minimum atomic E-state index is -0.165. The van der Waals surface area contributed by atoms with E-state index in [1.165, 1.54) is 0 Å². The lowest BCUT2D eigenvalue weighted by Crippen LogP contribution is -2.38. The van der Waals surface area contributed by atoms with Crippen molar-refractivity contribution < 1.29 is 9.90 Å². The molecule has 0 saturated carbocycles. The molecule has 20 heavy (non-hydrogen) atoms. The number of aliphatic hydroxyl groups is 1. The van der Waals surface area contributed by atoms with Crippen LogP contribution in [0.3, 0.4) is 0 Å². The summed E-state index contributed by atoms with van der Waals surface area (Å²) in [5.41, 5.74) is 2.44. The number of carbonyl (C=O) groups excluding carboxylic acids is 1. The Morgan fingerprint density at radius 1 is 1.40 bits per heavy atom. The molecule has 3 heteroatoms. The van der Waals surface area contributed by atoms with E-state index in [-0.39, 0.29) is 12.5 Å². The average Bonchev–Trinajstić information content (AvgIpc) is 2.46. The second-order valence-corrected chi connectivity index (χ2v) is 5.41. The SMILES string of the molecule is Cc1c(C#CCO)cccc1C(=O)N1CCC(C)CC1. The van der Waals surface area contributed by atoms with E-state index >= 15 is 0 Å². The molecule has 0 spiro atoms. The van der Waals surface area contributed by atoms with Crippen LogP contribution in [0.5, 0.6) is 0 Å². The highest BCUT2D eigenvalue weighted by Crippen LogP contribution is 2.20. The van der Waals surface area contributed by atoms with Crippen LogP contribution < -0.4 is 0 Å². The van der Waals surface area contributed by atoms with Gasteiger partial charge in [-0.3, -0.25) is 4.79 Å². The maximum absolute atomic E-state index is 12.6. The van der Waals surface area contributed by atoms with Crippen LogP contribution in [0, 0.1) is 24.7 Å². The van der Waals surface area contributed by atoms with Crippen LogP contribution in [-0.2, 0) is 0 Å². The van der Waals surface area contributed by atoms with Gasteiger partial charge in [-0.2, -0.15) is 0 Å². The van der Waals surface area contributed by atoms with Gasteiger partial charge in [0.05, 0.1) is 0 Å². The number of benzene rings is 1. The minimum Gasteiger partial charge on any atom is -0.384 e. The fourth-order valence-electron chi connectivity index (χ4n) is 2.52. The third kappa shape index (κ3) is 3.20. The third-order valence-electron chi connectivity index (χ3n) is 3.94. The summed E-state index contributed by atoms with van der Waals surface area (Å²) in [6, 6.07) is 5.60. The summed E-state index contributed by atoms with van der Waals surface area (Å²) in [6.45, 7) is 5.67. The predicted molar refractivity (Wildman–Crippen MR) is 79.4 cm³/mol. The van der Waals surface area contributed by atoms with Gasteiger partial charge < -0.3 is 10.0 Å². The lowest BCUT2D eigenvalue weighted by atomic mass is 9.97. The molecule has 0 unspecified atom stereocenters. The van der Waals surface area contributed by atoms with E-state index in [1.54, 1.807) is 0 Å². The molecule has 1 amide bonds. The van der Waals surface area contributed by atoms with Crippen LogP contribution in [0.4, 0.5) is 0 Å². The van der Waals surface area contributed by atoms with Crippen LogP contribution in [0.2, 0.25) is 0 Å². The van der Waals surface area contributed by atoms with Gasteiger partial charge in [-0.25, -0.2) is 0 Å². The first-order valence-corrected chi connectivity index (χ1v) is 7.12. The lowest BCUT2D eigenvalue weighted by Gasteiger charge is -2.30. The van der Waals surface area contributed by atoms with E-state index in [0.29, 0.717) is 5.92 Å². The number of carbonyl (C=O) groups is 1. The number of piperidine rings is 1. The summed E-state index contributed by atoms with van der Waals surface area (Å²) < 4.78 is 0. The number of likely N-dealkylation sites (tertiary alicyclic amines) is 1. The minimum absolute atomic E-state index is 0.0991. The van der Waals surface area contributed by atoms with Gasteiger partial charge in [-0.05, 0) is 43.4 Å². The summed E-state index contributed by atoms with van der Waals surface area (Å²) in [5.74, 6) is 6.34. The van der Waals surface area contributed by atoms with Crippen molar-refractivity contribution in [2.45, 2.75) is 26.7 Å². The molecule has 2 rings (SSSR count). The monoisotopic (exact) mass is 271 g/mol. The molecule has 1 heterocycles. The van der Waals surface area contributed by atoms with Crippen molar-refractivity contribution in [2.75, 3.05) is 19.7 Å². The number of hydrogen-bond acceptors (Lipinski definition) is 2. The van der Waals surface area contributed by atoms with Crippen molar-refractivity contribution in [3.63, 3.8) is 0 Å². The molecule has 3 nitrogen and oxygen atoms in total. The number of rotatable bonds is 1. The number of hydrogen-bond donors (Lipinski definition) is 1. The molecule has 1 N–H and O–H groups in total. The molecule has 0 aromatic heterocycles. The van der Waals surface area contributed by atoms with Crippen molar-refractivity contribution in [1.82, 2.24) is 4.90 Å². The molecule has 0 aliphatic carbocycles. The molecule has 0 bridgehead atoms. The fraction of sp³-hybridized carbons (Fsp3) is 0.471. The fourth-order valence-corrected chi connectivity index (χ4v) is 2.52. The molecule has 106 valence electrons. The highest BCUT2D eigenvalue weighted by Gasteiger charge is 2.22. The van der Waals surface area contributed by atoms with Gasteiger partial charge in [0.2, 0.25) is 0 Å². The zero-order chi connectivity index (χ0) is 14.5. The quantitative estimate of drug-likeness (QED) is 0.796. The highest BCUT2D eigenvalue weighted by atomic mass is 16.2. The lowest BCUT2D eigenvalue weighted by molar-refractivity contribution is 0.0696. The normalized spacial score (nSPS) is 15.7. The predicted octanol–water partition coefficient (Wildman–Crippen LogP) is 2.21. The smallest absolute Gasteiger partial charge is 0.254 e. The first-order valence-electron chi connectivity index (χ1n) is 7.12. The van der Waals surface area contributed by atoms with Crippen LogP contribution >= 0.6 is 0 Å². The third-order valence-corrected chi connectivity index (χ3v) is 3.94. The summed E-state index contributed by atoms with van der Waals surface area (Å²) in [4.78, 5) is 14.5. The van der Waals surface area contributed by atoms with Crippen molar-refractivity contribution in [3.05, 3.63) is 34.9 Å². The molecule has 0 atom stereocenters. The van der Waals surface area contributed by atoms with Gasteiger partial charge in [-0.1, -0.05) is 24.8 Å². The Balaban J connectivity index is 2.22. The molecule has 1 aliphatic rings.